The van der Waals surface area contributed by atoms with Crippen LogP contribution >= 0.6 is 0 Å². The van der Waals surface area contributed by atoms with Crippen molar-refractivity contribution < 1.29 is 18.7 Å². The van der Waals surface area contributed by atoms with E-state index in [1.165, 1.54) is 6.07 Å². The van der Waals surface area contributed by atoms with Crippen LogP contribution < -0.4 is 4.74 Å². The first-order chi connectivity index (χ1) is 12.6. The third kappa shape index (κ3) is 3.82. The standard InChI is InChI=1S/C21H20FNO3/c1-3-26-20(24)12-10-15-9-11-19(23-21(15)25-2)16-8-7-14-5-4-6-18(22)17(14)13-16/h4-9,11,13H,3,10,12H2,1-2H3. The Morgan fingerprint density at radius 1 is 1.15 bits per heavy atom. The number of pyridine rings is 1. The van der Waals surface area contributed by atoms with Crippen molar-refractivity contribution in [3.63, 3.8) is 0 Å². The predicted molar refractivity (Wildman–Crippen MR) is 98.6 cm³/mol. The molecule has 0 aliphatic carbocycles. The number of aromatic nitrogens is 1. The van der Waals surface area contributed by atoms with E-state index in [9.17, 15) is 9.18 Å². The Morgan fingerprint density at radius 3 is 2.77 bits per heavy atom. The molecule has 0 radical (unpaired) electrons. The number of aryl methyl sites for hydroxylation is 1. The lowest BCUT2D eigenvalue weighted by Gasteiger charge is -2.10. The molecule has 3 aromatic rings. The molecular formula is C21H20FNO3. The van der Waals surface area contributed by atoms with Crippen LogP contribution in [0.5, 0.6) is 5.88 Å². The van der Waals surface area contributed by atoms with Gasteiger partial charge in [-0.15, -0.1) is 0 Å². The number of carbonyl (C=O) groups is 1. The zero-order valence-electron chi connectivity index (χ0n) is 14.8. The lowest BCUT2D eigenvalue weighted by Crippen LogP contribution is -2.06. The van der Waals surface area contributed by atoms with Crippen molar-refractivity contribution in [1.82, 2.24) is 4.98 Å². The number of hydrogen-bond donors (Lipinski definition) is 0. The van der Waals surface area contributed by atoms with Crippen LogP contribution in [0.25, 0.3) is 22.0 Å². The first kappa shape index (κ1) is 17.9. The van der Waals surface area contributed by atoms with Crippen molar-refractivity contribution in [2.75, 3.05) is 13.7 Å². The van der Waals surface area contributed by atoms with Crippen molar-refractivity contribution in [1.29, 1.82) is 0 Å². The number of esters is 1. The van der Waals surface area contributed by atoms with Gasteiger partial charge in [0.15, 0.2) is 0 Å². The average Bonchev–Trinajstić information content (AvgIpc) is 2.66. The summed E-state index contributed by atoms with van der Waals surface area (Å²) in [6.45, 7) is 2.15. The molecule has 26 heavy (non-hydrogen) atoms. The van der Waals surface area contributed by atoms with Crippen molar-refractivity contribution in [2.24, 2.45) is 0 Å². The number of ether oxygens (including phenoxy) is 2. The van der Waals surface area contributed by atoms with Crippen LogP contribution in [0.3, 0.4) is 0 Å². The van der Waals surface area contributed by atoms with Crippen molar-refractivity contribution in [2.45, 2.75) is 19.8 Å². The van der Waals surface area contributed by atoms with E-state index < -0.39 is 0 Å². The van der Waals surface area contributed by atoms with Crippen LogP contribution in [-0.4, -0.2) is 24.7 Å². The maximum Gasteiger partial charge on any atom is 0.306 e. The smallest absolute Gasteiger partial charge is 0.306 e. The number of halogens is 1. The molecule has 1 heterocycles. The zero-order valence-corrected chi connectivity index (χ0v) is 14.8. The van der Waals surface area contributed by atoms with E-state index in [2.05, 4.69) is 4.98 Å². The third-order valence-corrected chi connectivity index (χ3v) is 4.16. The highest BCUT2D eigenvalue weighted by Crippen LogP contribution is 2.28. The fourth-order valence-electron chi connectivity index (χ4n) is 2.86. The van der Waals surface area contributed by atoms with Gasteiger partial charge in [0.2, 0.25) is 5.88 Å². The van der Waals surface area contributed by atoms with E-state index >= 15 is 0 Å². The Kier molecular flexibility index (Phi) is 5.46. The highest BCUT2D eigenvalue weighted by Gasteiger charge is 2.11. The van der Waals surface area contributed by atoms with E-state index in [4.69, 9.17) is 9.47 Å². The van der Waals surface area contributed by atoms with Crippen LogP contribution in [0.1, 0.15) is 18.9 Å². The second kappa shape index (κ2) is 7.95. The summed E-state index contributed by atoms with van der Waals surface area (Å²) in [5, 5.41) is 1.39. The summed E-state index contributed by atoms with van der Waals surface area (Å²) in [5.74, 6) is -0.0496. The Morgan fingerprint density at radius 2 is 2.00 bits per heavy atom. The van der Waals surface area contributed by atoms with Crippen LogP contribution in [0.2, 0.25) is 0 Å². The normalized spacial score (nSPS) is 10.7. The molecule has 3 rings (SSSR count). The Bertz CT molecular complexity index is 940. The number of methoxy groups -OCH3 is 1. The molecule has 5 heteroatoms. The van der Waals surface area contributed by atoms with E-state index in [0.717, 1.165) is 16.5 Å². The highest BCUT2D eigenvalue weighted by atomic mass is 19.1. The molecule has 0 spiro atoms. The molecule has 1 aromatic heterocycles. The molecule has 134 valence electrons. The van der Waals surface area contributed by atoms with Gasteiger partial charge in [0, 0.05) is 22.9 Å². The zero-order chi connectivity index (χ0) is 18.5. The predicted octanol–water partition coefficient (Wildman–Crippen LogP) is 4.55. The van der Waals surface area contributed by atoms with Crippen LogP contribution in [-0.2, 0) is 16.0 Å². The summed E-state index contributed by atoms with van der Waals surface area (Å²) >= 11 is 0. The summed E-state index contributed by atoms with van der Waals surface area (Å²) in [7, 11) is 1.54. The van der Waals surface area contributed by atoms with Crippen molar-refractivity contribution in [3.05, 3.63) is 59.9 Å². The quantitative estimate of drug-likeness (QED) is 0.610. The molecule has 4 nitrogen and oxygen atoms in total. The summed E-state index contributed by atoms with van der Waals surface area (Å²) in [4.78, 5) is 16.1. The van der Waals surface area contributed by atoms with Gasteiger partial charge in [0.05, 0.1) is 19.4 Å². The van der Waals surface area contributed by atoms with Crippen LogP contribution in [0, 0.1) is 5.82 Å². The molecular weight excluding hydrogens is 333 g/mol. The van der Waals surface area contributed by atoms with Gasteiger partial charge >= 0.3 is 5.97 Å². The number of carbonyl (C=O) groups excluding carboxylic acids is 1. The molecule has 0 aliphatic rings. The molecule has 0 fully saturated rings. The fraction of sp³-hybridized carbons (Fsp3) is 0.238. The molecule has 0 saturated carbocycles. The second-order valence-electron chi connectivity index (χ2n) is 5.85. The number of fused-ring (bicyclic) bond motifs is 1. The number of benzene rings is 2. The molecule has 0 saturated heterocycles. The number of hydrogen-bond acceptors (Lipinski definition) is 4. The Hall–Kier alpha value is -2.95. The Labute approximate surface area is 151 Å². The highest BCUT2D eigenvalue weighted by molar-refractivity contribution is 5.87. The van der Waals surface area contributed by atoms with Crippen molar-refractivity contribution in [3.8, 4) is 17.1 Å². The monoisotopic (exact) mass is 353 g/mol. The lowest BCUT2D eigenvalue weighted by atomic mass is 10.0. The summed E-state index contributed by atoms with van der Waals surface area (Å²) in [6.07, 6.45) is 0.758. The minimum atomic E-state index is -0.262. The van der Waals surface area contributed by atoms with Crippen LogP contribution in [0.15, 0.2) is 48.5 Å². The summed E-state index contributed by atoms with van der Waals surface area (Å²) in [5.41, 5.74) is 2.32. The van der Waals surface area contributed by atoms with Gasteiger partial charge < -0.3 is 9.47 Å². The number of nitrogens with zero attached hydrogens (tertiary/aromatic N) is 1. The van der Waals surface area contributed by atoms with Crippen molar-refractivity contribution >= 4 is 16.7 Å². The SMILES string of the molecule is CCOC(=O)CCc1ccc(-c2ccc3cccc(F)c3c2)nc1OC. The van der Waals surface area contributed by atoms with Gasteiger partial charge in [-0.1, -0.05) is 30.3 Å². The van der Waals surface area contributed by atoms with E-state index in [0.29, 0.717) is 30.0 Å². The van der Waals surface area contributed by atoms with Gasteiger partial charge in [-0.3, -0.25) is 4.79 Å². The molecule has 0 bridgehead atoms. The van der Waals surface area contributed by atoms with E-state index in [-0.39, 0.29) is 18.2 Å². The van der Waals surface area contributed by atoms with Crippen LogP contribution in [0.4, 0.5) is 4.39 Å². The van der Waals surface area contributed by atoms with Gasteiger partial charge in [0.25, 0.3) is 0 Å². The van der Waals surface area contributed by atoms with Gasteiger partial charge in [-0.2, -0.15) is 0 Å². The number of rotatable bonds is 6. The molecule has 0 aliphatic heterocycles. The largest absolute Gasteiger partial charge is 0.481 e. The fourth-order valence-corrected chi connectivity index (χ4v) is 2.86. The molecule has 0 amide bonds. The first-order valence-corrected chi connectivity index (χ1v) is 8.50. The average molecular weight is 353 g/mol. The molecule has 0 N–H and O–H groups in total. The summed E-state index contributed by atoms with van der Waals surface area (Å²) < 4.78 is 24.4. The maximum absolute atomic E-state index is 14.0. The first-order valence-electron chi connectivity index (χ1n) is 8.50. The topological polar surface area (TPSA) is 48.4 Å². The molecule has 2 aromatic carbocycles. The Balaban J connectivity index is 1.89. The maximum atomic E-state index is 14.0. The molecule has 0 atom stereocenters. The van der Waals surface area contributed by atoms with Gasteiger partial charge in [-0.25, -0.2) is 9.37 Å². The second-order valence-corrected chi connectivity index (χ2v) is 5.85. The van der Waals surface area contributed by atoms with E-state index in [1.807, 2.05) is 30.3 Å². The minimum absolute atomic E-state index is 0.247. The van der Waals surface area contributed by atoms with E-state index in [1.54, 1.807) is 26.2 Å². The lowest BCUT2D eigenvalue weighted by molar-refractivity contribution is -0.143. The van der Waals surface area contributed by atoms with Gasteiger partial charge in [-0.05, 0) is 36.9 Å². The molecule has 0 unspecified atom stereocenters. The third-order valence-electron chi connectivity index (χ3n) is 4.16. The van der Waals surface area contributed by atoms with Gasteiger partial charge in [0.1, 0.15) is 5.82 Å². The summed E-state index contributed by atoms with van der Waals surface area (Å²) in [6, 6.07) is 14.3. The minimum Gasteiger partial charge on any atom is -0.481 e.